The summed E-state index contributed by atoms with van der Waals surface area (Å²) in [5.41, 5.74) is 4.08. The quantitative estimate of drug-likeness (QED) is 0.593. The summed E-state index contributed by atoms with van der Waals surface area (Å²) in [5, 5.41) is 3.59. The van der Waals surface area contributed by atoms with Crippen molar-refractivity contribution in [1.29, 1.82) is 0 Å². The average Bonchev–Trinajstić information content (AvgIpc) is 2.73. The van der Waals surface area contributed by atoms with E-state index < -0.39 is 6.04 Å². The number of hydrogen-bond donors (Lipinski definition) is 1. The summed E-state index contributed by atoms with van der Waals surface area (Å²) in [6.45, 7) is 11.8. The lowest BCUT2D eigenvalue weighted by molar-refractivity contribution is -0.142. The van der Waals surface area contributed by atoms with Crippen molar-refractivity contribution in [2.24, 2.45) is 0 Å². The van der Waals surface area contributed by atoms with Gasteiger partial charge in [0.25, 0.3) is 5.91 Å². The molecule has 0 aliphatic carbocycles. The van der Waals surface area contributed by atoms with Crippen LogP contribution in [0.2, 0.25) is 5.02 Å². The van der Waals surface area contributed by atoms with E-state index in [9.17, 15) is 9.59 Å². The number of rotatable bonds is 9. The Morgan fingerprint density at radius 3 is 2.35 bits per heavy atom. The van der Waals surface area contributed by atoms with Gasteiger partial charge in [0.2, 0.25) is 5.91 Å². The van der Waals surface area contributed by atoms with Gasteiger partial charge in [-0.3, -0.25) is 9.59 Å². The van der Waals surface area contributed by atoms with Crippen LogP contribution in [0, 0.1) is 20.8 Å². The standard InChI is InChI=1S/C25H33ClN2O3/c1-7-18(4)27-25(30)20(6)28(14-21-8-10-22(26)11-9-21)24(29)15-31-23-13-16(2)12-17(3)19(23)5/h8-13,18,20H,7,14-15H2,1-6H3,(H,27,30)/t18-,20-/m0/s1. The lowest BCUT2D eigenvalue weighted by atomic mass is 10.1. The molecule has 0 radical (unpaired) electrons. The fourth-order valence-electron chi connectivity index (χ4n) is 3.21. The predicted molar refractivity (Wildman–Crippen MR) is 126 cm³/mol. The molecule has 2 aromatic carbocycles. The van der Waals surface area contributed by atoms with Crippen LogP contribution in [-0.4, -0.2) is 35.4 Å². The van der Waals surface area contributed by atoms with Crippen LogP contribution in [0.15, 0.2) is 36.4 Å². The van der Waals surface area contributed by atoms with Crippen LogP contribution < -0.4 is 10.1 Å². The van der Waals surface area contributed by atoms with Gasteiger partial charge in [0.05, 0.1) is 0 Å². The number of benzene rings is 2. The van der Waals surface area contributed by atoms with Gasteiger partial charge in [-0.05, 0) is 81.5 Å². The summed E-state index contributed by atoms with van der Waals surface area (Å²) in [6.07, 6.45) is 0.818. The molecule has 31 heavy (non-hydrogen) atoms. The Morgan fingerprint density at radius 1 is 1.10 bits per heavy atom. The second kappa shape index (κ2) is 11.2. The molecular formula is C25H33ClN2O3. The van der Waals surface area contributed by atoms with Gasteiger partial charge in [-0.25, -0.2) is 0 Å². The maximum atomic E-state index is 13.2. The van der Waals surface area contributed by atoms with E-state index >= 15 is 0 Å². The number of halogens is 1. The van der Waals surface area contributed by atoms with Gasteiger partial charge >= 0.3 is 0 Å². The maximum Gasteiger partial charge on any atom is 0.261 e. The monoisotopic (exact) mass is 444 g/mol. The van der Waals surface area contributed by atoms with Gasteiger partial charge in [0, 0.05) is 17.6 Å². The number of ether oxygens (including phenoxy) is 1. The van der Waals surface area contributed by atoms with Crippen LogP contribution in [-0.2, 0) is 16.1 Å². The van der Waals surface area contributed by atoms with Crippen LogP contribution in [0.5, 0.6) is 5.75 Å². The minimum Gasteiger partial charge on any atom is -0.483 e. The molecule has 2 atom stereocenters. The largest absolute Gasteiger partial charge is 0.483 e. The number of carbonyl (C=O) groups excluding carboxylic acids is 2. The van der Waals surface area contributed by atoms with E-state index in [1.807, 2.05) is 52.8 Å². The molecule has 2 aromatic rings. The zero-order chi connectivity index (χ0) is 23.1. The molecule has 5 nitrogen and oxygen atoms in total. The van der Waals surface area contributed by atoms with Crippen molar-refractivity contribution < 1.29 is 14.3 Å². The first-order valence-electron chi connectivity index (χ1n) is 10.7. The number of hydrogen-bond acceptors (Lipinski definition) is 3. The maximum absolute atomic E-state index is 13.2. The van der Waals surface area contributed by atoms with Crippen LogP contribution >= 0.6 is 11.6 Å². The van der Waals surface area contributed by atoms with Crippen LogP contribution in [0.3, 0.4) is 0 Å². The zero-order valence-corrected chi connectivity index (χ0v) is 20.0. The third kappa shape index (κ3) is 7.00. The minimum atomic E-state index is -0.638. The van der Waals surface area contributed by atoms with E-state index in [4.69, 9.17) is 16.3 Å². The molecule has 2 amide bonds. The highest BCUT2D eigenvalue weighted by atomic mass is 35.5. The van der Waals surface area contributed by atoms with Crippen molar-refractivity contribution in [2.45, 2.75) is 66.6 Å². The summed E-state index contributed by atoms with van der Waals surface area (Å²) < 4.78 is 5.89. The smallest absolute Gasteiger partial charge is 0.261 e. The molecule has 1 N–H and O–H groups in total. The number of nitrogens with zero attached hydrogens (tertiary/aromatic N) is 1. The predicted octanol–water partition coefficient (Wildman–Crippen LogP) is 4.98. The Bertz CT molecular complexity index is 912. The van der Waals surface area contributed by atoms with Crippen molar-refractivity contribution in [3.05, 3.63) is 63.7 Å². The minimum absolute atomic E-state index is 0.0385. The van der Waals surface area contributed by atoms with E-state index in [1.165, 1.54) is 0 Å². The lowest BCUT2D eigenvalue weighted by Gasteiger charge is -2.29. The topological polar surface area (TPSA) is 58.6 Å². The van der Waals surface area contributed by atoms with Crippen molar-refractivity contribution in [3.8, 4) is 5.75 Å². The van der Waals surface area contributed by atoms with Gasteiger partial charge in [0.15, 0.2) is 6.61 Å². The fraction of sp³-hybridized carbons (Fsp3) is 0.440. The second-order valence-electron chi connectivity index (χ2n) is 8.14. The third-order valence-corrected chi connectivity index (χ3v) is 5.80. The number of aryl methyl sites for hydroxylation is 2. The molecule has 0 saturated heterocycles. The number of nitrogens with one attached hydrogen (secondary N) is 1. The molecule has 6 heteroatoms. The Labute approximate surface area is 190 Å². The zero-order valence-electron chi connectivity index (χ0n) is 19.3. The first kappa shape index (κ1) is 24.7. The summed E-state index contributed by atoms with van der Waals surface area (Å²) in [7, 11) is 0. The number of amides is 2. The van der Waals surface area contributed by atoms with E-state index in [0.717, 1.165) is 28.7 Å². The summed E-state index contributed by atoms with van der Waals surface area (Å²) >= 11 is 5.99. The van der Waals surface area contributed by atoms with E-state index in [0.29, 0.717) is 17.3 Å². The van der Waals surface area contributed by atoms with Gasteiger partial charge in [-0.2, -0.15) is 0 Å². The van der Waals surface area contributed by atoms with Crippen molar-refractivity contribution in [1.82, 2.24) is 10.2 Å². The molecule has 0 heterocycles. The molecule has 0 unspecified atom stereocenters. The van der Waals surface area contributed by atoms with Gasteiger partial charge < -0.3 is 15.0 Å². The SMILES string of the molecule is CC[C@H](C)NC(=O)[C@H](C)N(Cc1ccc(Cl)cc1)C(=O)COc1cc(C)cc(C)c1C. The summed E-state index contributed by atoms with van der Waals surface area (Å²) in [4.78, 5) is 27.5. The summed E-state index contributed by atoms with van der Waals surface area (Å²) in [5.74, 6) is 0.258. The highest BCUT2D eigenvalue weighted by Gasteiger charge is 2.27. The highest BCUT2D eigenvalue weighted by molar-refractivity contribution is 6.30. The van der Waals surface area contributed by atoms with Gasteiger partial charge in [-0.15, -0.1) is 0 Å². The summed E-state index contributed by atoms with van der Waals surface area (Å²) in [6, 6.07) is 10.7. The first-order valence-corrected chi connectivity index (χ1v) is 11.0. The molecule has 0 aliphatic heterocycles. The molecule has 0 bridgehead atoms. The molecule has 0 saturated carbocycles. The fourth-order valence-corrected chi connectivity index (χ4v) is 3.33. The molecule has 0 aromatic heterocycles. The van der Waals surface area contributed by atoms with Crippen molar-refractivity contribution in [3.63, 3.8) is 0 Å². The Kier molecular flexibility index (Phi) is 8.93. The van der Waals surface area contributed by atoms with Gasteiger partial charge in [0.1, 0.15) is 11.8 Å². The average molecular weight is 445 g/mol. The van der Waals surface area contributed by atoms with Crippen LogP contribution in [0.1, 0.15) is 49.4 Å². The molecule has 0 aliphatic rings. The van der Waals surface area contributed by atoms with Crippen LogP contribution in [0.4, 0.5) is 0 Å². The second-order valence-corrected chi connectivity index (χ2v) is 8.57. The van der Waals surface area contributed by atoms with Crippen LogP contribution in [0.25, 0.3) is 0 Å². The Hall–Kier alpha value is -2.53. The highest BCUT2D eigenvalue weighted by Crippen LogP contribution is 2.23. The normalized spacial score (nSPS) is 12.7. The van der Waals surface area contributed by atoms with E-state index in [-0.39, 0.29) is 24.5 Å². The third-order valence-electron chi connectivity index (χ3n) is 5.55. The van der Waals surface area contributed by atoms with Gasteiger partial charge in [-0.1, -0.05) is 36.7 Å². The molecule has 0 spiro atoms. The number of carbonyl (C=O) groups is 2. The molecule has 168 valence electrons. The molecule has 0 fully saturated rings. The van der Waals surface area contributed by atoms with Crippen molar-refractivity contribution in [2.75, 3.05) is 6.61 Å². The molecule has 2 rings (SSSR count). The first-order chi connectivity index (χ1) is 14.6. The lowest BCUT2D eigenvalue weighted by Crippen LogP contribution is -2.50. The van der Waals surface area contributed by atoms with Crippen molar-refractivity contribution >= 4 is 23.4 Å². The molecular weight excluding hydrogens is 412 g/mol. The Balaban J connectivity index is 2.20. The van der Waals surface area contributed by atoms with E-state index in [2.05, 4.69) is 11.4 Å². The van der Waals surface area contributed by atoms with E-state index in [1.54, 1.807) is 24.0 Å². The Morgan fingerprint density at radius 2 is 1.74 bits per heavy atom.